The Labute approximate surface area is 215 Å². The number of H-pyrrole nitrogens is 1. The van der Waals surface area contributed by atoms with Gasteiger partial charge in [-0.15, -0.1) is 0 Å². The Hall–Kier alpha value is -2.39. The molecule has 4 atom stereocenters. The van der Waals surface area contributed by atoms with E-state index in [-0.39, 0.29) is 42.3 Å². The summed E-state index contributed by atoms with van der Waals surface area (Å²) in [6, 6.07) is 9.74. The van der Waals surface area contributed by atoms with Gasteiger partial charge in [-0.25, -0.2) is 8.78 Å². The number of aromatic nitrogens is 1. The first-order valence-corrected chi connectivity index (χ1v) is 13.2. The van der Waals surface area contributed by atoms with Gasteiger partial charge in [-0.3, -0.25) is 9.29 Å². The standard InChI is InChI=1S/C29H36F3N3O2/c1-17(16-36)13-35-18(2)10-22-21-6-3-4-7-25(21)33-27(22)28(35)26-23(31)11-19(12-24(26)32)29(37)20-14-34(15-20)9-5-8-30/h3-4,6-7,11-12,17-18,20,28-29,33,36-37H,5,8-10,13-16H2,1-2H3/t17?,18-,28?,29?/m1/s1. The highest BCUT2D eigenvalue weighted by molar-refractivity contribution is 5.85. The monoisotopic (exact) mass is 515 g/mol. The number of aliphatic hydroxyl groups is 2. The minimum Gasteiger partial charge on any atom is -0.396 e. The van der Waals surface area contributed by atoms with Crippen molar-refractivity contribution in [3.63, 3.8) is 0 Å². The number of likely N-dealkylation sites (tertiary alicyclic amines) is 1. The average molecular weight is 516 g/mol. The summed E-state index contributed by atoms with van der Waals surface area (Å²) in [5.41, 5.74) is 2.95. The zero-order valence-electron chi connectivity index (χ0n) is 21.4. The lowest BCUT2D eigenvalue weighted by atomic mass is 9.85. The molecule has 5 nitrogen and oxygen atoms in total. The first-order chi connectivity index (χ1) is 17.8. The van der Waals surface area contributed by atoms with Crippen molar-refractivity contribution in [2.45, 2.75) is 44.9 Å². The zero-order valence-corrected chi connectivity index (χ0v) is 21.4. The summed E-state index contributed by atoms with van der Waals surface area (Å²) in [5, 5.41) is 21.6. The molecule has 3 heterocycles. The predicted molar refractivity (Wildman–Crippen MR) is 138 cm³/mol. The summed E-state index contributed by atoms with van der Waals surface area (Å²) in [6.45, 7) is 5.85. The number of fused-ring (bicyclic) bond motifs is 3. The minimum atomic E-state index is -0.987. The van der Waals surface area contributed by atoms with Crippen LogP contribution in [0.2, 0.25) is 0 Å². The van der Waals surface area contributed by atoms with Gasteiger partial charge in [0.2, 0.25) is 0 Å². The number of benzene rings is 2. The molecular formula is C29H36F3N3O2. The van der Waals surface area contributed by atoms with E-state index < -0.39 is 23.8 Å². The van der Waals surface area contributed by atoms with Crippen LogP contribution in [0.15, 0.2) is 36.4 Å². The van der Waals surface area contributed by atoms with E-state index >= 15 is 8.78 Å². The van der Waals surface area contributed by atoms with Gasteiger partial charge in [-0.05, 0) is 55.0 Å². The van der Waals surface area contributed by atoms with Crippen LogP contribution in [0.3, 0.4) is 0 Å². The van der Waals surface area contributed by atoms with Crippen LogP contribution in [0.5, 0.6) is 0 Å². The van der Waals surface area contributed by atoms with Crippen molar-refractivity contribution >= 4 is 10.9 Å². The normalized spacial score (nSPS) is 22.7. The van der Waals surface area contributed by atoms with Gasteiger partial charge in [-0.1, -0.05) is 25.1 Å². The van der Waals surface area contributed by atoms with Crippen molar-refractivity contribution in [1.82, 2.24) is 14.8 Å². The third kappa shape index (κ3) is 4.92. The molecule has 0 aliphatic carbocycles. The lowest BCUT2D eigenvalue weighted by Crippen LogP contribution is -2.49. The Morgan fingerprint density at radius 2 is 1.84 bits per heavy atom. The van der Waals surface area contributed by atoms with Crippen molar-refractivity contribution in [3.8, 4) is 0 Å². The molecule has 0 saturated carbocycles. The van der Waals surface area contributed by atoms with Crippen LogP contribution in [0, 0.1) is 23.5 Å². The molecule has 1 saturated heterocycles. The topological polar surface area (TPSA) is 62.7 Å². The molecule has 3 aromatic rings. The molecule has 3 unspecified atom stereocenters. The highest BCUT2D eigenvalue weighted by Crippen LogP contribution is 2.43. The van der Waals surface area contributed by atoms with Gasteiger partial charge >= 0.3 is 0 Å². The predicted octanol–water partition coefficient (Wildman–Crippen LogP) is 4.74. The minimum absolute atomic E-state index is 0.0000492. The first-order valence-electron chi connectivity index (χ1n) is 13.2. The van der Waals surface area contributed by atoms with E-state index in [9.17, 15) is 14.6 Å². The zero-order chi connectivity index (χ0) is 26.3. The molecule has 0 radical (unpaired) electrons. The second-order valence-corrected chi connectivity index (χ2v) is 10.9. The molecule has 2 aromatic carbocycles. The molecule has 0 amide bonds. The fraction of sp³-hybridized carbons (Fsp3) is 0.517. The second kappa shape index (κ2) is 10.8. The van der Waals surface area contributed by atoms with Crippen molar-refractivity contribution in [2.24, 2.45) is 11.8 Å². The summed E-state index contributed by atoms with van der Waals surface area (Å²) in [7, 11) is 0. The molecule has 0 bridgehead atoms. The van der Waals surface area contributed by atoms with Crippen LogP contribution in [0.1, 0.15) is 54.8 Å². The summed E-state index contributed by atoms with van der Waals surface area (Å²) >= 11 is 0. The number of nitrogens with one attached hydrogen (secondary N) is 1. The number of alkyl halides is 1. The number of halogens is 3. The van der Waals surface area contributed by atoms with E-state index in [4.69, 9.17) is 0 Å². The lowest BCUT2D eigenvalue weighted by Gasteiger charge is -2.43. The van der Waals surface area contributed by atoms with Crippen LogP contribution in [0.25, 0.3) is 10.9 Å². The molecule has 5 rings (SSSR count). The number of aliphatic hydroxyl groups excluding tert-OH is 2. The first kappa shape index (κ1) is 26.2. The van der Waals surface area contributed by atoms with E-state index in [2.05, 4.69) is 16.8 Å². The Balaban J connectivity index is 1.51. The smallest absolute Gasteiger partial charge is 0.131 e. The maximum Gasteiger partial charge on any atom is 0.131 e. The number of para-hydroxylation sites is 1. The summed E-state index contributed by atoms with van der Waals surface area (Å²) in [6.07, 6.45) is 0.190. The second-order valence-electron chi connectivity index (χ2n) is 10.9. The molecule has 8 heteroatoms. The van der Waals surface area contributed by atoms with Gasteiger partial charge < -0.3 is 20.1 Å². The van der Waals surface area contributed by atoms with E-state index in [0.29, 0.717) is 32.6 Å². The van der Waals surface area contributed by atoms with Crippen molar-refractivity contribution in [3.05, 3.63) is 70.4 Å². The molecule has 37 heavy (non-hydrogen) atoms. The highest BCUT2D eigenvalue weighted by atomic mass is 19.1. The SMILES string of the molecule is CC(CO)CN1C(c2c(F)cc(C(O)C3CN(CCCF)C3)cc2F)c2[nH]c3ccccc3c2C[C@H]1C. The lowest BCUT2D eigenvalue weighted by molar-refractivity contribution is -0.00641. The molecule has 2 aliphatic rings. The fourth-order valence-corrected chi connectivity index (χ4v) is 6.10. The molecule has 3 N–H and O–H groups in total. The largest absolute Gasteiger partial charge is 0.396 e. The molecule has 1 fully saturated rings. The van der Waals surface area contributed by atoms with Crippen LogP contribution < -0.4 is 0 Å². The number of hydrogen-bond acceptors (Lipinski definition) is 4. The number of nitrogens with zero attached hydrogens (tertiary/aromatic N) is 2. The number of aromatic amines is 1. The van der Waals surface area contributed by atoms with E-state index in [1.54, 1.807) is 0 Å². The Bertz CT molecular complexity index is 1220. The molecule has 0 spiro atoms. The van der Waals surface area contributed by atoms with E-state index in [1.807, 2.05) is 36.1 Å². The molecular weight excluding hydrogens is 479 g/mol. The Kier molecular flexibility index (Phi) is 7.63. The van der Waals surface area contributed by atoms with Crippen molar-refractivity contribution < 1.29 is 23.4 Å². The van der Waals surface area contributed by atoms with Crippen LogP contribution in [0.4, 0.5) is 13.2 Å². The maximum atomic E-state index is 15.9. The number of hydrogen-bond donors (Lipinski definition) is 3. The van der Waals surface area contributed by atoms with Gasteiger partial charge in [0, 0.05) is 66.9 Å². The third-order valence-electron chi connectivity index (χ3n) is 8.11. The van der Waals surface area contributed by atoms with Crippen molar-refractivity contribution in [2.75, 3.05) is 39.5 Å². The third-order valence-corrected chi connectivity index (χ3v) is 8.11. The Morgan fingerprint density at radius 1 is 1.14 bits per heavy atom. The Morgan fingerprint density at radius 3 is 2.51 bits per heavy atom. The number of rotatable bonds is 9. The van der Waals surface area contributed by atoms with Crippen LogP contribution in [-0.2, 0) is 6.42 Å². The van der Waals surface area contributed by atoms with Crippen molar-refractivity contribution in [1.29, 1.82) is 0 Å². The van der Waals surface area contributed by atoms with Gasteiger partial charge in [-0.2, -0.15) is 0 Å². The summed E-state index contributed by atoms with van der Waals surface area (Å²) < 4.78 is 44.2. The fourth-order valence-electron chi connectivity index (χ4n) is 6.10. The summed E-state index contributed by atoms with van der Waals surface area (Å²) in [4.78, 5) is 7.55. The van der Waals surface area contributed by atoms with Crippen LogP contribution >= 0.6 is 0 Å². The van der Waals surface area contributed by atoms with Gasteiger partial charge in [0.1, 0.15) is 11.6 Å². The summed E-state index contributed by atoms with van der Waals surface area (Å²) in [5.74, 6) is -1.58. The van der Waals surface area contributed by atoms with Gasteiger partial charge in [0.15, 0.2) is 0 Å². The molecule has 1 aromatic heterocycles. The average Bonchev–Trinajstić information content (AvgIpc) is 3.22. The molecule has 200 valence electrons. The molecule has 2 aliphatic heterocycles. The van der Waals surface area contributed by atoms with Crippen LogP contribution in [-0.4, -0.2) is 70.5 Å². The van der Waals surface area contributed by atoms with E-state index in [0.717, 1.165) is 28.6 Å². The maximum absolute atomic E-state index is 15.9. The quantitative estimate of drug-likeness (QED) is 0.386. The van der Waals surface area contributed by atoms with E-state index in [1.165, 1.54) is 12.1 Å². The van der Waals surface area contributed by atoms with Gasteiger partial charge in [0.25, 0.3) is 0 Å². The highest BCUT2D eigenvalue weighted by Gasteiger charge is 2.40. The van der Waals surface area contributed by atoms with Gasteiger partial charge in [0.05, 0.1) is 18.8 Å².